The molecule has 0 aromatic carbocycles. The van der Waals surface area contributed by atoms with Gasteiger partial charge < -0.3 is 10.2 Å². The van der Waals surface area contributed by atoms with Gasteiger partial charge in [-0.2, -0.15) is 0 Å². The fourth-order valence-corrected chi connectivity index (χ4v) is 4.73. The Morgan fingerprint density at radius 1 is 1.08 bits per heavy atom. The first-order valence-corrected chi connectivity index (χ1v) is 9.98. The Balaban J connectivity index is 1.26. The van der Waals surface area contributed by atoms with Crippen molar-refractivity contribution in [2.45, 2.75) is 51.4 Å². The lowest BCUT2D eigenvalue weighted by molar-refractivity contribution is 0.679. The highest BCUT2D eigenvalue weighted by Gasteiger charge is 2.15. The van der Waals surface area contributed by atoms with E-state index in [4.69, 9.17) is 4.98 Å². The number of thiazole rings is 1. The summed E-state index contributed by atoms with van der Waals surface area (Å²) in [7, 11) is 0. The number of hydrogen-bond acceptors (Lipinski definition) is 6. The van der Waals surface area contributed by atoms with Crippen molar-refractivity contribution in [1.82, 2.24) is 15.0 Å². The number of nitrogens with zero attached hydrogens (tertiary/aromatic N) is 4. The van der Waals surface area contributed by atoms with Gasteiger partial charge in [0.1, 0.15) is 18.0 Å². The summed E-state index contributed by atoms with van der Waals surface area (Å²) in [5, 5.41) is 4.75. The average Bonchev–Trinajstić information content (AvgIpc) is 3.28. The molecule has 1 aliphatic heterocycles. The second kappa shape index (κ2) is 7.47. The monoisotopic (exact) mass is 343 g/mol. The molecule has 2 aromatic heterocycles. The van der Waals surface area contributed by atoms with Crippen molar-refractivity contribution in [3.05, 3.63) is 28.0 Å². The predicted molar refractivity (Wildman–Crippen MR) is 99.0 cm³/mol. The van der Waals surface area contributed by atoms with Crippen LogP contribution < -0.4 is 10.2 Å². The number of nitrogens with one attached hydrogen (secondary N) is 1. The Morgan fingerprint density at radius 2 is 1.96 bits per heavy atom. The van der Waals surface area contributed by atoms with Crippen LogP contribution in [0.1, 0.15) is 47.7 Å². The molecule has 1 aliphatic carbocycles. The van der Waals surface area contributed by atoms with Gasteiger partial charge in [-0.15, -0.1) is 11.3 Å². The molecule has 1 fully saturated rings. The Labute approximate surface area is 147 Å². The standard InChI is InChI=1S/C18H25N5S/c1-2-7-15-14(6-1)22-18(24-15)8-5-9-19-16-12-17(21-13-20-16)23-10-3-4-11-23/h12-13H,1-11H2,(H,19,20,21). The summed E-state index contributed by atoms with van der Waals surface area (Å²) in [5.74, 6) is 1.99. The minimum absolute atomic E-state index is 0.931. The van der Waals surface area contributed by atoms with Crippen LogP contribution in [0.3, 0.4) is 0 Å². The molecule has 4 rings (SSSR count). The first-order valence-electron chi connectivity index (χ1n) is 9.17. The van der Waals surface area contributed by atoms with Gasteiger partial charge in [0.05, 0.1) is 10.7 Å². The summed E-state index contributed by atoms with van der Waals surface area (Å²) in [6, 6.07) is 2.08. The van der Waals surface area contributed by atoms with Gasteiger partial charge in [0.25, 0.3) is 0 Å². The molecule has 0 spiro atoms. The maximum absolute atomic E-state index is 4.82. The summed E-state index contributed by atoms with van der Waals surface area (Å²) >= 11 is 1.93. The number of aromatic nitrogens is 3. The molecule has 1 N–H and O–H groups in total. The highest BCUT2D eigenvalue weighted by Crippen LogP contribution is 2.27. The van der Waals surface area contributed by atoms with Crippen molar-refractivity contribution in [1.29, 1.82) is 0 Å². The minimum atomic E-state index is 0.931. The molecule has 0 amide bonds. The fraction of sp³-hybridized carbons (Fsp3) is 0.611. The number of rotatable bonds is 6. The van der Waals surface area contributed by atoms with E-state index >= 15 is 0 Å². The lowest BCUT2D eigenvalue weighted by Gasteiger charge is -2.16. The zero-order valence-corrected chi connectivity index (χ0v) is 14.9. The fourth-order valence-electron chi connectivity index (χ4n) is 3.53. The van der Waals surface area contributed by atoms with Gasteiger partial charge in [0, 0.05) is 37.0 Å². The van der Waals surface area contributed by atoms with Crippen LogP contribution in [0.2, 0.25) is 0 Å². The zero-order valence-electron chi connectivity index (χ0n) is 14.1. The molecule has 0 radical (unpaired) electrons. The first kappa shape index (κ1) is 15.8. The molecular formula is C18H25N5S. The molecule has 3 heterocycles. The minimum Gasteiger partial charge on any atom is -0.370 e. The summed E-state index contributed by atoms with van der Waals surface area (Å²) in [6.07, 6.45) is 11.4. The number of anilines is 2. The van der Waals surface area contributed by atoms with Crippen LogP contribution in [-0.2, 0) is 19.3 Å². The first-order chi connectivity index (χ1) is 11.9. The van der Waals surface area contributed by atoms with E-state index in [0.29, 0.717) is 0 Å². The van der Waals surface area contributed by atoms with Crippen LogP contribution in [0, 0.1) is 0 Å². The molecule has 0 unspecified atom stereocenters. The highest BCUT2D eigenvalue weighted by atomic mass is 32.1. The van der Waals surface area contributed by atoms with Gasteiger partial charge in [0.2, 0.25) is 0 Å². The Bertz CT molecular complexity index is 654. The summed E-state index contributed by atoms with van der Waals surface area (Å²) in [4.78, 5) is 17.4. The van der Waals surface area contributed by atoms with Gasteiger partial charge in [-0.05, 0) is 44.9 Å². The molecule has 1 saturated heterocycles. The summed E-state index contributed by atoms with van der Waals surface area (Å²) < 4.78 is 0. The molecule has 5 nitrogen and oxygen atoms in total. The molecule has 24 heavy (non-hydrogen) atoms. The van der Waals surface area contributed by atoms with E-state index in [1.165, 1.54) is 54.1 Å². The molecule has 128 valence electrons. The van der Waals surface area contributed by atoms with E-state index in [1.807, 2.05) is 11.3 Å². The molecule has 2 aromatic rings. The third kappa shape index (κ3) is 3.69. The van der Waals surface area contributed by atoms with Crippen molar-refractivity contribution in [2.75, 3.05) is 29.9 Å². The van der Waals surface area contributed by atoms with E-state index < -0.39 is 0 Å². The van der Waals surface area contributed by atoms with Crippen molar-refractivity contribution in [2.24, 2.45) is 0 Å². The van der Waals surface area contributed by atoms with Gasteiger partial charge in [-0.1, -0.05) is 0 Å². The zero-order chi connectivity index (χ0) is 16.2. The highest BCUT2D eigenvalue weighted by molar-refractivity contribution is 7.11. The van der Waals surface area contributed by atoms with Crippen LogP contribution >= 0.6 is 11.3 Å². The number of fused-ring (bicyclic) bond motifs is 1. The second-order valence-corrected chi connectivity index (χ2v) is 7.84. The summed E-state index contributed by atoms with van der Waals surface area (Å²) in [6.45, 7) is 3.16. The van der Waals surface area contributed by atoms with Crippen LogP contribution in [0.5, 0.6) is 0 Å². The van der Waals surface area contributed by atoms with Crippen molar-refractivity contribution in [3.8, 4) is 0 Å². The Hall–Kier alpha value is -1.69. The van der Waals surface area contributed by atoms with E-state index in [0.717, 1.165) is 44.1 Å². The normalized spacial score (nSPS) is 17.1. The van der Waals surface area contributed by atoms with Crippen LogP contribution in [0.25, 0.3) is 0 Å². The lowest BCUT2D eigenvalue weighted by atomic mass is 10.0. The van der Waals surface area contributed by atoms with Crippen LogP contribution in [0.15, 0.2) is 12.4 Å². The molecule has 0 saturated carbocycles. The van der Waals surface area contributed by atoms with Gasteiger partial charge in [-0.3, -0.25) is 0 Å². The smallest absolute Gasteiger partial charge is 0.134 e. The van der Waals surface area contributed by atoms with Crippen LogP contribution in [0.4, 0.5) is 11.6 Å². The third-order valence-corrected chi connectivity index (χ3v) is 6.06. The van der Waals surface area contributed by atoms with E-state index in [-0.39, 0.29) is 0 Å². The molecule has 0 atom stereocenters. The topological polar surface area (TPSA) is 53.9 Å². The maximum Gasteiger partial charge on any atom is 0.134 e. The SMILES string of the molecule is c1nc(NCCCc2nc3c(s2)CCCC3)cc(N2CCCC2)n1. The number of aryl methyl sites for hydroxylation is 3. The lowest BCUT2D eigenvalue weighted by Crippen LogP contribution is -2.19. The van der Waals surface area contributed by atoms with Gasteiger partial charge in [0.15, 0.2) is 0 Å². The summed E-state index contributed by atoms with van der Waals surface area (Å²) in [5.41, 5.74) is 1.38. The van der Waals surface area contributed by atoms with Gasteiger partial charge >= 0.3 is 0 Å². The van der Waals surface area contributed by atoms with Crippen LogP contribution in [-0.4, -0.2) is 34.6 Å². The number of hydrogen-bond donors (Lipinski definition) is 1. The van der Waals surface area contributed by atoms with Crippen molar-refractivity contribution >= 4 is 23.0 Å². The molecule has 6 heteroatoms. The average molecular weight is 344 g/mol. The van der Waals surface area contributed by atoms with E-state index in [9.17, 15) is 0 Å². The quantitative estimate of drug-likeness (QED) is 0.814. The molecular weight excluding hydrogens is 318 g/mol. The Kier molecular flexibility index (Phi) is 4.92. The van der Waals surface area contributed by atoms with E-state index in [2.05, 4.69) is 26.3 Å². The molecule has 0 bridgehead atoms. The van der Waals surface area contributed by atoms with Crippen molar-refractivity contribution in [3.63, 3.8) is 0 Å². The second-order valence-electron chi connectivity index (χ2n) is 6.67. The predicted octanol–water partition coefficient (Wildman–Crippen LogP) is 3.46. The molecule has 2 aliphatic rings. The van der Waals surface area contributed by atoms with Crippen molar-refractivity contribution < 1.29 is 0 Å². The Morgan fingerprint density at radius 3 is 2.83 bits per heavy atom. The van der Waals surface area contributed by atoms with E-state index in [1.54, 1.807) is 6.33 Å². The third-order valence-electron chi connectivity index (χ3n) is 4.85. The largest absolute Gasteiger partial charge is 0.370 e. The maximum atomic E-state index is 4.82. The van der Waals surface area contributed by atoms with Gasteiger partial charge in [-0.25, -0.2) is 15.0 Å².